The molecule has 0 spiro atoms. The van der Waals surface area contributed by atoms with Gasteiger partial charge in [0, 0.05) is 16.6 Å². The average Bonchev–Trinajstić information content (AvgIpc) is 2.35. The second kappa shape index (κ2) is 6.80. The van der Waals surface area contributed by atoms with Crippen LogP contribution >= 0.6 is 23.2 Å². The number of ether oxygens (including phenoxy) is 1. The Morgan fingerprint density at radius 1 is 1.00 bits per heavy atom. The fourth-order valence-electron chi connectivity index (χ4n) is 1.71. The van der Waals surface area contributed by atoms with E-state index in [9.17, 15) is 0 Å². The Morgan fingerprint density at radius 3 is 2.42 bits per heavy atom. The lowest BCUT2D eigenvalue weighted by atomic mass is 10.2. The fourth-order valence-corrected chi connectivity index (χ4v) is 2.22. The minimum Gasteiger partial charge on any atom is -0.457 e. The van der Waals surface area contributed by atoms with Crippen LogP contribution in [0.2, 0.25) is 10.0 Å². The quantitative estimate of drug-likeness (QED) is 0.847. The minimum absolute atomic E-state index is 0.561. The molecule has 0 heterocycles. The highest BCUT2D eigenvalue weighted by Crippen LogP contribution is 2.28. The zero-order chi connectivity index (χ0) is 13.7. The van der Waals surface area contributed by atoms with Gasteiger partial charge in [-0.3, -0.25) is 0 Å². The van der Waals surface area contributed by atoms with Crippen LogP contribution in [0.15, 0.2) is 42.5 Å². The van der Waals surface area contributed by atoms with Gasteiger partial charge in [0.2, 0.25) is 0 Å². The SMILES string of the molecule is CCNCc1cccc(Oc2cc(Cl)cc(Cl)c2)c1. The van der Waals surface area contributed by atoms with Crippen molar-refractivity contribution in [2.75, 3.05) is 6.54 Å². The summed E-state index contributed by atoms with van der Waals surface area (Å²) in [4.78, 5) is 0. The number of halogens is 2. The molecule has 1 N–H and O–H groups in total. The number of benzene rings is 2. The minimum atomic E-state index is 0.561. The lowest BCUT2D eigenvalue weighted by molar-refractivity contribution is 0.481. The molecular formula is C15H15Cl2NO. The highest BCUT2D eigenvalue weighted by molar-refractivity contribution is 6.34. The molecule has 0 unspecified atom stereocenters. The van der Waals surface area contributed by atoms with Gasteiger partial charge in [0.15, 0.2) is 0 Å². The number of hydrogen-bond acceptors (Lipinski definition) is 2. The number of hydrogen-bond donors (Lipinski definition) is 1. The summed E-state index contributed by atoms with van der Waals surface area (Å²) < 4.78 is 5.76. The molecule has 0 aromatic heterocycles. The van der Waals surface area contributed by atoms with Crippen molar-refractivity contribution >= 4 is 23.2 Å². The van der Waals surface area contributed by atoms with E-state index in [4.69, 9.17) is 27.9 Å². The summed E-state index contributed by atoms with van der Waals surface area (Å²) in [6, 6.07) is 13.1. The van der Waals surface area contributed by atoms with Gasteiger partial charge in [0.1, 0.15) is 11.5 Å². The molecule has 0 bridgehead atoms. The van der Waals surface area contributed by atoms with Gasteiger partial charge < -0.3 is 10.1 Å². The molecule has 0 aliphatic heterocycles. The average molecular weight is 296 g/mol. The predicted molar refractivity (Wildman–Crippen MR) is 80.4 cm³/mol. The summed E-state index contributed by atoms with van der Waals surface area (Å²) in [6.07, 6.45) is 0. The van der Waals surface area contributed by atoms with E-state index in [0.29, 0.717) is 15.8 Å². The predicted octanol–water partition coefficient (Wildman–Crippen LogP) is 4.90. The smallest absolute Gasteiger partial charge is 0.130 e. The zero-order valence-corrected chi connectivity index (χ0v) is 12.1. The monoisotopic (exact) mass is 295 g/mol. The summed E-state index contributed by atoms with van der Waals surface area (Å²) in [5.41, 5.74) is 1.17. The highest BCUT2D eigenvalue weighted by atomic mass is 35.5. The first-order chi connectivity index (χ1) is 9.17. The molecule has 0 saturated heterocycles. The molecule has 19 heavy (non-hydrogen) atoms. The van der Waals surface area contributed by atoms with E-state index in [1.54, 1.807) is 18.2 Å². The lowest BCUT2D eigenvalue weighted by Gasteiger charge is -2.09. The van der Waals surface area contributed by atoms with Crippen molar-refractivity contribution in [3.05, 3.63) is 58.1 Å². The van der Waals surface area contributed by atoms with Gasteiger partial charge in [0.05, 0.1) is 0 Å². The Bertz CT molecular complexity index is 537. The van der Waals surface area contributed by atoms with Crippen molar-refractivity contribution in [2.24, 2.45) is 0 Å². The van der Waals surface area contributed by atoms with E-state index in [-0.39, 0.29) is 0 Å². The molecule has 0 amide bonds. The Morgan fingerprint density at radius 2 is 1.74 bits per heavy atom. The van der Waals surface area contributed by atoms with Crippen molar-refractivity contribution < 1.29 is 4.74 Å². The van der Waals surface area contributed by atoms with Crippen molar-refractivity contribution in [2.45, 2.75) is 13.5 Å². The molecule has 0 atom stereocenters. The van der Waals surface area contributed by atoms with Crippen LogP contribution < -0.4 is 10.1 Å². The molecule has 0 radical (unpaired) electrons. The molecule has 2 rings (SSSR count). The number of nitrogens with one attached hydrogen (secondary N) is 1. The molecule has 0 saturated carbocycles. The maximum Gasteiger partial charge on any atom is 0.130 e. The first kappa shape index (κ1) is 14.2. The largest absolute Gasteiger partial charge is 0.457 e. The van der Waals surface area contributed by atoms with Crippen molar-refractivity contribution in [3.8, 4) is 11.5 Å². The van der Waals surface area contributed by atoms with Crippen molar-refractivity contribution in [1.82, 2.24) is 5.32 Å². The van der Waals surface area contributed by atoms with E-state index in [2.05, 4.69) is 18.3 Å². The van der Waals surface area contributed by atoms with Crippen molar-refractivity contribution in [1.29, 1.82) is 0 Å². The Labute approximate surface area is 123 Å². The van der Waals surface area contributed by atoms with Crippen LogP contribution in [0.5, 0.6) is 11.5 Å². The summed E-state index contributed by atoms with van der Waals surface area (Å²) in [5, 5.41) is 4.40. The maximum atomic E-state index is 5.94. The summed E-state index contributed by atoms with van der Waals surface area (Å²) in [7, 11) is 0. The van der Waals surface area contributed by atoms with Crippen molar-refractivity contribution in [3.63, 3.8) is 0 Å². The second-order valence-electron chi connectivity index (χ2n) is 4.13. The molecule has 4 heteroatoms. The van der Waals surface area contributed by atoms with Crippen LogP contribution in [0.25, 0.3) is 0 Å². The van der Waals surface area contributed by atoms with Gasteiger partial charge >= 0.3 is 0 Å². The molecule has 0 aliphatic carbocycles. The van der Waals surface area contributed by atoms with Gasteiger partial charge in [-0.1, -0.05) is 42.3 Å². The van der Waals surface area contributed by atoms with E-state index in [0.717, 1.165) is 18.8 Å². The van der Waals surface area contributed by atoms with Gasteiger partial charge in [0.25, 0.3) is 0 Å². The standard InChI is InChI=1S/C15H15Cl2NO/c1-2-18-10-11-4-3-5-14(6-11)19-15-8-12(16)7-13(17)9-15/h3-9,18H,2,10H2,1H3. The maximum absolute atomic E-state index is 5.94. The number of rotatable bonds is 5. The Balaban J connectivity index is 2.13. The summed E-state index contributed by atoms with van der Waals surface area (Å²) in [6.45, 7) is 3.84. The third-order valence-corrected chi connectivity index (χ3v) is 2.99. The molecule has 2 aromatic rings. The molecule has 0 fully saturated rings. The summed E-state index contributed by atoms with van der Waals surface area (Å²) >= 11 is 11.9. The van der Waals surface area contributed by atoms with Crippen LogP contribution in [0.4, 0.5) is 0 Å². The first-order valence-corrected chi connectivity index (χ1v) is 6.86. The van der Waals surface area contributed by atoms with Crippen LogP contribution in [0.3, 0.4) is 0 Å². The molecule has 2 aromatic carbocycles. The first-order valence-electron chi connectivity index (χ1n) is 6.11. The topological polar surface area (TPSA) is 21.3 Å². The normalized spacial score (nSPS) is 10.5. The van der Waals surface area contributed by atoms with Crippen LogP contribution in [-0.2, 0) is 6.54 Å². The molecular weight excluding hydrogens is 281 g/mol. The Hall–Kier alpha value is -1.22. The van der Waals surface area contributed by atoms with Crippen LogP contribution in [0.1, 0.15) is 12.5 Å². The van der Waals surface area contributed by atoms with Crippen LogP contribution in [0, 0.1) is 0 Å². The third kappa shape index (κ3) is 4.43. The van der Waals surface area contributed by atoms with E-state index in [1.165, 1.54) is 5.56 Å². The lowest BCUT2D eigenvalue weighted by Crippen LogP contribution is -2.11. The third-order valence-electron chi connectivity index (χ3n) is 2.55. The van der Waals surface area contributed by atoms with E-state index in [1.807, 2.05) is 18.2 Å². The highest BCUT2D eigenvalue weighted by Gasteiger charge is 2.02. The fraction of sp³-hybridized carbons (Fsp3) is 0.200. The Kier molecular flexibility index (Phi) is 5.08. The van der Waals surface area contributed by atoms with Crippen LogP contribution in [-0.4, -0.2) is 6.54 Å². The second-order valence-corrected chi connectivity index (χ2v) is 5.01. The van der Waals surface area contributed by atoms with E-state index < -0.39 is 0 Å². The molecule has 2 nitrogen and oxygen atoms in total. The molecule has 100 valence electrons. The van der Waals surface area contributed by atoms with Gasteiger partial charge in [-0.25, -0.2) is 0 Å². The van der Waals surface area contributed by atoms with Gasteiger partial charge in [-0.15, -0.1) is 0 Å². The zero-order valence-electron chi connectivity index (χ0n) is 10.6. The molecule has 0 aliphatic rings. The van der Waals surface area contributed by atoms with E-state index >= 15 is 0 Å². The summed E-state index contributed by atoms with van der Waals surface area (Å²) in [5.74, 6) is 1.41. The van der Waals surface area contributed by atoms with Gasteiger partial charge in [-0.05, 0) is 42.4 Å². The van der Waals surface area contributed by atoms with Gasteiger partial charge in [-0.2, -0.15) is 0 Å².